The van der Waals surface area contributed by atoms with Crippen molar-refractivity contribution in [3.05, 3.63) is 17.5 Å². The number of nitrogens with zero attached hydrogens (tertiary/aromatic N) is 2. The summed E-state index contributed by atoms with van der Waals surface area (Å²) in [5.74, 6) is 0.0999. The molecule has 4 nitrogen and oxygen atoms in total. The van der Waals surface area contributed by atoms with Gasteiger partial charge in [0.15, 0.2) is 0 Å². The lowest BCUT2D eigenvalue weighted by Crippen LogP contribution is -2.37. The van der Waals surface area contributed by atoms with Crippen LogP contribution in [-0.4, -0.2) is 21.7 Å². The molecule has 0 atom stereocenters. The molecule has 2 aliphatic rings. The van der Waals surface area contributed by atoms with E-state index in [1.54, 1.807) is 0 Å². The Balaban J connectivity index is 1.62. The zero-order valence-corrected chi connectivity index (χ0v) is 12.7. The van der Waals surface area contributed by atoms with Crippen molar-refractivity contribution in [2.24, 2.45) is 0 Å². The Labute approximate surface area is 129 Å². The summed E-state index contributed by atoms with van der Waals surface area (Å²) in [6, 6.07) is 1.64. The lowest BCUT2D eigenvalue weighted by atomic mass is 10.1. The van der Waals surface area contributed by atoms with E-state index in [9.17, 15) is 13.6 Å². The second-order valence-electron chi connectivity index (χ2n) is 6.48. The summed E-state index contributed by atoms with van der Waals surface area (Å²) in [6.07, 6.45) is 6.08. The molecule has 2 fully saturated rings. The number of carbonyl (C=O) groups excluding carboxylic acids is 1. The summed E-state index contributed by atoms with van der Waals surface area (Å²) in [7, 11) is 0. The molecule has 3 rings (SSSR count). The molecule has 0 aromatic carbocycles. The maximum absolute atomic E-state index is 13.1. The van der Waals surface area contributed by atoms with Crippen LogP contribution in [-0.2, 0) is 11.3 Å². The number of aromatic nitrogens is 2. The van der Waals surface area contributed by atoms with Gasteiger partial charge in [-0.25, -0.2) is 8.78 Å². The zero-order valence-electron chi connectivity index (χ0n) is 12.7. The van der Waals surface area contributed by atoms with Crippen LogP contribution >= 0.6 is 0 Å². The number of nitrogens with one attached hydrogen (secondary N) is 1. The molecule has 6 heteroatoms. The van der Waals surface area contributed by atoms with Crippen LogP contribution in [0.25, 0.3) is 0 Å². The molecule has 2 saturated carbocycles. The molecular weight excluding hydrogens is 288 g/mol. The largest absolute Gasteiger partial charge is 0.352 e. The first kappa shape index (κ1) is 15.4. The average molecular weight is 311 g/mol. The fourth-order valence-corrected chi connectivity index (χ4v) is 3.17. The van der Waals surface area contributed by atoms with E-state index < -0.39 is 6.43 Å². The minimum absolute atomic E-state index is 0.108. The summed E-state index contributed by atoms with van der Waals surface area (Å²) < 4.78 is 27.4. The van der Waals surface area contributed by atoms with Crippen LogP contribution < -0.4 is 5.32 Å². The number of rotatable bonds is 5. The van der Waals surface area contributed by atoms with E-state index in [0.29, 0.717) is 11.6 Å². The van der Waals surface area contributed by atoms with E-state index >= 15 is 0 Å². The van der Waals surface area contributed by atoms with Gasteiger partial charge in [-0.3, -0.25) is 9.48 Å². The zero-order chi connectivity index (χ0) is 15.5. The molecule has 1 heterocycles. The predicted molar refractivity (Wildman–Crippen MR) is 78.8 cm³/mol. The van der Waals surface area contributed by atoms with Gasteiger partial charge in [0.05, 0.1) is 5.69 Å². The van der Waals surface area contributed by atoms with Crippen LogP contribution in [0.3, 0.4) is 0 Å². The Bertz CT molecular complexity index is 517. The molecule has 1 aromatic heterocycles. The fraction of sp³-hybridized carbons (Fsp3) is 0.750. The molecule has 2 aliphatic carbocycles. The van der Waals surface area contributed by atoms with Gasteiger partial charge in [-0.05, 0) is 31.7 Å². The van der Waals surface area contributed by atoms with Gasteiger partial charge in [0.1, 0.15) is 12.2 Å². The molecule has 0 spiro atoms. The van der Waals surface area contributed by atoms with E-state index in [0.717, 1.165) is 38.5 Å². The Morgan fingerprint density at radius 3 is 2.50 bits per heavy atom. The first-order valence-electron chi connectivity index (χ1n) is 8.28. The quantitative estimate of drug-likeness (QED) is 0.846. The normalized spacial score (nSPS) is 20.1. The third-order valence-electron chi connectivity index (χ3n) is 4.56. The van der Waals surface area contributed by atoms with E-state index in [1.165, 1.54) is 23.6 Å². The van der Waals surface area contributed by atoms with Crippen LogP contribution in [0, 0.1) is 0 Å². The summed E-state index contributed by atoms with van der Waals surface area (Å²) in [5.41, 5.74) is 0.565. The molecule has 0 bridgehead atoms. The fourth-order valence-electron chi connectivity index (χ4n) is 3.17. The van der Waals surface area contributed by atoms with E-state index in [4.69, 9.17) is 0 Å². The molecular formula is C16H23F2N3O. The smallest absolute Gasteiger partial charge is 0.280 e. The highest BCUT2D eigenvalue weighted by molar-refractivity contribution is 5.76. The van der Waals surface area contributed by atoms with Gasteiger partial charge >= 0.3 is 0 Å². The Morgan fingerprint density at radius 1 is 1.23 bits per heavy atom. The average Bonchev–Trinajstić information content (AvgIpc) is 3.26. The lowest BCUT2D eigenvalue weighted by molar-refractivity contribution is -0.122. The molecule has 0 aliphatic heterocycles. The highest BCUT2D eigenvalue weighted by Gasteiger charge is 2.29. The van der Waals surface area contributed by atoms with Crippen molar-refractivity contribution in [3.63, 3.8) is 0 Å². The standard InChI is InChI=1S/C16H23F2N3O/c17-16(18)14-9-13(11-7-8-11)20-21(14)10-15(22)19-12-5-3-1-2-4-6-12/h9,11-12,16H,1-8,10H2,(H,19,22). The van der Waals surface area contributed by atoms with Gasteiger partial charge in [0.2, 0.25) is 5.91 Å². The van der Waals surface area contributed by atoms with Crippen molar-refractivity contribution in [2.75, 3.05) is 0 Å². The number of hydrogen-bond donors (Lipinski definition) is 1. The molecule has 0 saturated heterocycles. The minimum Gasteiger partial charge on any atom is -0.352 e. The summed E-state index contributed by atoms with van der Waals surface area (Å²) in [4.78, 5) is 12.1. The van der Waals surface area contributed by atoms with Crippen molar-refractivity contribution in [3.8, 4) is 0 Å². The Kier molecular flexibility index (Phi) is 4.74. The number of hydrogen-bond acceptors (Lipinski definition) is 2. The van der Waals surface area contributed by atoms with Gasteiger partial charge in [-0.2, -0.15) is 5.10 Å². The monoisotopic (exact) mass is 311 g/mol. The summed E-state index contributed by atoms with van der Waals surface area (Å²) >= 11 is 0. The molecule has 0 unspecified atom stereocenters. The lowest BCUT2D eigenvalue weighted by Gasteiger charge is -2.16. The van der Waals surface area contributed by atoms with Gasteiger partial charge in [0.25, 0.3) is 6.43 Å². The first-order valence-corrected chi connectivity index (χ1v) is 8.28. The maximum Gasteiger partial charge on any atom is 0.280 e. The van der Waals surface area contributed by atoms with Gasteiger partial charge in [0, 0.05) is 12.0 Å². The van der Waals surface area contributed by atoms with Crippen molar-refractivity contribution in [2.45, 2.75) is 76.3 Å². The van der Waals surface area contributed by atoms with Gasteiger partial charge < -0.3 is 5.32 Å². The SMILES string of the molecule is O=C(Cn1nc(C2CC2)cc1C(F)F)NC1CCCCCC1. The van der Waals surface area contributed by atoms with Crippen molar-refractivity contribution in [1.29, 1.82) is 0 Å². The maximum atomic E-state index is 13.1. The third kappa shape index (κ3) is 3.84. The van der Waals surface area contributed by atoms with Crippen LogP contribution in [0.5, 0.6) is 0 Å². The van der Waals surface area contributed by atoms with Crippen molar-refractivity contribution < 1.29 is 13.6 Å². The highest BCUT2D eigenvalue weighted by Crippen LogP contribution is 2.40. The Hall–Kier alpha value is -1.46. The van der Waals surface area contributed by atoms with Crippen LogP contribution in [0.15, 0.2) is 6.07 Å². The predicted octanol–water partition coefficient (Wildman–Crippen LogP) is 3.54. The Morgan fingerprint density at radius 2 is 1.91 bits per heavy atom. The summed E-state index contributed by atoms with van der Waals surface area (Å²) in [6.45, 7) is -0.108. The second kappa shape index (κ2) is 6.75. The van der Waals surface area contributed by atoms with E-state index in [-0.39, 0.29) is 24.2 Å². The molecule has 1 aromatic rings. The second-order valence-corrected chi connectivity index (χ2v) is 6.48. The van der Waals surface area contributed by atoms with E-state index in [2.05, 4.69) is 10.4 Å². The number of carbonyl (C=O) groups is 1. The number of halogens is 2. The molecule has 1 amide bonds. The third-order valence-corrected chi connectivity index (χ3v) is 4.56. The molecule has 122 valence electrons. The molecule has 0 radical (unpaired) electrons. The topological polar surface area (TPSA) is 46.9 Å². The van der Waals surface area contributed by atoms with Gasteiger partial charge in [-0.15, -0.1) is 0 Å². The van der Waals surface area contributed by atoms with Crippen LogP contribution in [0.4, 0.5) is 8.78 Å². The van der Waals surface area contributed by atoms with Crippen LogP contribution in [0.1, 0.15) is 75.1 Å². The highest BCUT2D eigenvalue weighted by atomic mass is 19.3. The van der Waals surface area contributed by atoms with Crippen LogP contribution in [0.2, 0.25) is 0 Å². The van der Waals surface area contributed by atoms with Gasteiger partial charge in [-0.1, -0.05) is 25.7 Å². The molecule has 22 heavy (non-hydrogen) atoms. The molecule has 1 N–H and O–H groups in total. The minimum atomic E-state index is -2.59. The van der Waals surface area contributed by atoms with E-state index in [1.807, 2.05) is 0 Å². The summed E-state index contributed by atoms with van der Waals surface area (Å²) in [5, 5.41) is 7.20. The van der Waals surface area contributed by atoms with Crippen molar-refractivity contribution >= 4 is 5.91 Å². The number of amides is 1. The number of alkyl halides is 2. The van der Waals surface area contributed by atoms with Crippen molar-refractivity contribution in [1.82, 2.24) is 15.1 Å². The first-order chi connectivity index (χ1) is 10.6.